The molecule has 0 aromatic heterocycles. The summed E-state index contributed by atoms with van der Waals surface area (Å²) in [5.74, 6) is -0.00479. The molecule has 0 aliphatic heterocycles. The van der Waals surface area contributed by atoms with Crippen LogP contribution in [0.2, 0.25) is 0 Å². The van der Waals surface area contributed by atoms with Gasteiger partial charge in [-0.1, -0.05) is 6.07 Å². The molecule has 5 heteroatoms. The van der Waals surface area contributed by atoms with Crippen LogP contribution < -0.4 is 4.74 Å². The van der Waals surface area contributed by atoms with Crippen molar-refractivity contribution in [3.05, 3.63) is 29.8 Å². The van der Waals surface area contributed by atoms with Crippen molar-refractivity contribution in [2.45, 2.75) is 19.4 Å². The summed E-state index contributed by atoms with van der Waals surface area (Å²) in [6.07, 6.45) is -5.52. The minimum absolute atomic E-state index is 0.00479. The lowest BCUT2D eigenvalue weighted by Crippen LogP contribution is -2.11. The van der Waals surface area contributed by atoms with E-state index in [0.29, 0.717) is 0 Å². The zero-order valence-electron chi connectivity index (χ0n) is 7.38. The molecule has 1 unspecified atom stereocenters. The molecule has 1 aromatic rings. The second-order valence-corrected chi connectivity index (χ2v) is 2.74. The highest BCUT2D eigenvalue weighted by Gasteiger charge is 2.30. The van der Waals surface area contributed by atoms with Gasteiger partial charge in [-0.15, -0.1) is 0 Å². The van der Waals surface area contributed by atoms with Crippen molar-refractivity contribution in [1.82, 2.24) is 0 Å². The van der Waals surface area contributed by atoms with Gasteiger partial charge in [-0.2, -0.15) is 13.2 Å². The monoisotopic (exact) mass is 206 g/mol. The average molecular weight is 206 g/mol. The molecule has 0 aliphatic rings. The summed E-state index contributed by atoms with van der Waals surface area (Å²) in [6, 6.07) is 4.35. The Kier molecular flexibility index (Phi) is 3.00. The number of aliphatic hydroxyl groups excluding tert-OH is 1. The van der Waals surface area contributed by atoms with E-state index in [9.17, 15) is 13.2 Å². The molecule has 1 aromatic carbocycles. The lowest BCUT2D eigenvalue weighted by molar-refractivity contribution is -0.137. The molecule has 78 valence electrons. The number of halogens is 3. The summed E-state index contributed by atoms with van der Waals surface area (Å²) in [5, 5.41) is 8.80. The number of aliphatic hydroxyl groups is 1. The van der Waals surface area contributed by atoms with Crippen molar-refractivity contribution in [2.75, 3.05) is 0 Å². The van der Waals surface area contributed by atoms with E-state index in [1.54, 1.807) is 0 Å². The normalized spacial score (nSPS) is 13.8. The lowest BCUT2D eigenvalue weighted by Gasteiger charge is -2.11. The van der Waals surface area contributed by atoms with E-state index < -0.39 is 18.0 Å². The molecular formula is C9H9F3O2. The van der Waals surface area contributed by atoms with Crippen LogP contribution in [0.3, 0.4) is 0 Å². The molecule has 0 fully saturated rings. The van der Waals surface area contributed by atoms with Crippen LogP contribution >= 0.6 is 0 Å². The van der Waals surface area contributed by atoms with Crippen molar-refractivity contribution in [3.8, 4) is 5.75 Å². The fourth-order valence-electron chi connectivity index (χ4n) is 0.943. The second-order valence-electron chi connectivity index (χ2n) is 2.74. The molecule has 14 heavy (non-hydrogen) atoms. The largest absolute Gasteiger partial charge is 0.465 e. The first kappa shape index (κ1) is 10.8. The van der Waals surface area contributed by atoms with E-state index in [1.165, 1.54) is 19.1 Å². The van der Waals surface area contributed by atoms with E-state index in [4.69, 9.17) is 9.84 Å². The molecule has 0 spiro atoms. The van der Waals surface area contributed by atoms with Gasteiger partial charge in [0.05, 0.1) is 5.56 Å². The maximum Gasteiger partial charge on any atom is 0.416 e. The van der Waals surface area contributed by atoms with Gasteiger partial charge < -0.3 is 9.84 Å². The minimum Gasteiger partial charge on any atom is -0.465 e. The van der Waals surface area contributed by atoms with Crippen LogP contribution in [0.4, 0.5) is 13.2 Å². The third-order valence-corrected chi connectivity index (χ3v) is 1.47. The predicted octanol–water partition coefficient (Wildman–Crippen LogP) is 2.42. The fourth-order valence-corrected chi connectivity index (χ4v) is 0.943. The maximum absolute atomic E-state index is 12.2. The molecule has 1 N–H and O–H groups in total. The third kappa shape index (κ3) is 2.92. The van der Waals surface area contributed by atoms with Crippen LogP contribution in [-0.4, -0.2) is 11.4 Å². The Hall–Kier alpha value is -1.23. The Morgan fingerprint density at radius 3 is 2.50 bits per heavy atom. The zero-order valence-corrected chi connectivity index (χ0v) is 7.38. The standard InChI is InChI=1S/C9H9F3O2/c1-6(13)14-8-4-2-3-7(5-8)9(10,11)12/h2-6,13H,1H3. The van der Waals surface area contributed by atoms with Crippen LogP contribution in [0.25, 0.3) is 0 Å². The van der Waals surface area contributed by atoms with Crippen LogP contribution in [0.1, 0.15) is 12.5 Å². The summed E-state index contributed by atoms with van der Waals surface area (Å²) in [7, 11) is 0. The van der Waals surface area contributed by atoms with Gasteiger partial charge >= 0.3 is 6.18 Å². The summed E-state index contributed by atoms with van der Waals surface area (Å²) in [6.45, 7) is 1.32. The van der Waals surface area contributed by atoms with E-state index in [-0.39, 0.29) is 5.75 Å². The molecule has 2 nitrogen and oxygen atoms in total. The summed E-state index contributed by atoms with van der Waals surface area (Å²) in [4.78, 5) is 0. The number of ether oxygens (including phenoxy) is 1. The summed E-state index contributed by atoms with van der Waals surface area (Å²) >= 11 is 0. The molecule has 1 atom stereocenters. The van der Waals surface area contributed by atoms with Crippen LogP contribution in [0, 0.1) is 0 Å². The minimum atomic E-state index is -4.39. The Morgan fingerprint density at radius 1 is 1.36 bits per heavy atom. The van der Waals surface area contributed by atoms with Crippen LogP contribution in [-0.2, 0) is 6.18 Å². The van der Waals surface area contributed by atoms with Crippen LogP contribution in [0.15, 0.2) is 24.3 Å². The first-order chi connectivity index (χ1) is 6.39. The molecule has 0 saturated carbocycles. The summed E-state index contributed by atoms with van der Waals surface area (Å²) < 4.78 is 41.3. The molecule has 0 saturated heterocycles. The Bertz CT molecular complexity index is 307. The Balaban J connectivity index is 2.90. The number of alkyl halides is 3. The van der Waals surface area contributed by atoms with Gasteiger partial charge in [0, 0.05) is 0 Å². The van der Waals surface area contributed by atoms with E-state index in [1.807, 2.05) is 0 Å². The van der Waals surface area contributed by atoms with Gasteiger partial charge in [-0.05, 0) is 25.1 Å². The molecular weight excluding hydrogens is 197 g/mol. The van der Waals surface area contributed by atoms with E-state index in [0.717, 1.165) is 12.1 Å². The average Bonchev–Trinajstić information content (AvgIpc) is 2.01. The zero-order chi connectivity index (χ0) is 10.8. The summed E-state index contributed by atoms with van der Waals surface area (Å²) in [5.41, 5.74) is -0.796. The van der Waals surface area contributed by atoms with Crippen molar-refractivity contribution in [2.24, 2.45) is 0 Å². The van der Waals surface area contributed by atoms with E-state index >= 15 is 0 Å². The topological polar surface area (TPSA) is 29.5 Å². The molecule has 0 radical (unpaired) electrons. The van der Waals surface area contributed by atoms with Gasteiger partial charge in [0.2, 0.25) is 0 Å². The van der Waals surface area contributed by atoms with Crippen molar-refractivity contribution in [1.29, 1.82) is 0 Å². The van der Waals surface area contributed by atoms with Crippen molar-refractivity contribution >= 4 is 0 Å². The lowest BCUT2D eigenvalue weighted by atomic mass is 10.2. The molecule has 0 aliphatic carbocycles. The van der Waals surface area contributed by atoms with Gasteiger partial charge in [-0.3, -0.25) is 0 Å². The number of hydrogen-bond donors (Lipinski definition) is 1. The van der Waals surface area contributed by atoms with Crippen molar-refractivity contribution < 1.29 is 23.0 Å². The highest BCUT2D eigenvalue weighted by molar-refractivity contribution is 5.30. The van der Waals surface area contributed by atoms with E-state index in [2.05, 4.69) is 0 Å². The number of benzene rings is 1. The van der Waals surface area contributed by atoms with Crippen LogP contribution in [0.5, 0.6) is 5.75 Å². The highest BCUT2D eigenvalue weighted by atomic mass is 19.4. The maximum atomic E-state index is 12.2. The number of rotatable bonds is 2. The quantitative estimate of drug-likeness (QED) is 0.753. The Morgan fingerprint density at radius 2 is 2.00 bits per heavy atom. The molecule has 0 amide bonds. The molecule has 0 bridgehead atoms. The SMILES string of the molecule is CC(O)Oc1cccc(C(F)(F)F)c1. The Labute approximate surface area is 78.9 Å². The first-order valence-electron chi connectivity index (χ1n) is 3.91. The fraction of sp³-hybridized carbons (Fsp3) is 0.333. The smallest absolute Gasteiger partial charge is 0.416 e. The predicted molar refractivity (Wildman–Crippen MR) is 43.8 cm³/mol. The first-order valence-corrected chi connectivity index (χ1v) is 3.91. The number of hydrogen-bond acceptors (Lipinski definition) is 2. The molecule has 1 rings (SSSR count). The van der Waals surface area contributed by atoms with Gasteiger partial charge in [0.25, 0.3) is 0 Å². The highest BCUT2D eigenvalue weighted by Crippen LogP contribution is 2.31. The second kappa shape index (κ2) is 3.88. The van der Waals surface area contributed by atoms with Gasteiger partial charge in [0.15, 0.2) is 6.29 Å². The molecule has 0 heterocycles. The van der Waals surface area contributed by atoms with Gasteiger partial charge in [-0.25, -0.2) is 0 Å². The van der Waals surface area contributed by atoms with Crippen molar-refractivity contribution in [3.63, 3.8) is 0 Å². The third-order valence-electron chi connectivity index (χ3n) is 1.47. The van der Waals surface area contributed by atoms with Gasteiger partial charge in [0.1, 0.15) is 5.75 Å².